The van der Waals surface area contributed by atoms with Gasteiger partial charge in [-0.3, -0.25) is 4.18 Å². The molecule has 1 atom stereocenters. The number of hydrogen-bond acceptors (Lipinski definition) is 4. The normalized spacial score (nSPS) is 12.6. The molecule has 33 heavy (non-hydrogen) atoms. The number of halogens is 1. The Morgan fingerprint density at radius 3 is 2.36 bits per heavy atom. The summed E-state index contributed by atoms with van der Waals surface area (Å²) in [6.45, 7) is 9.38. The Kier molecular flexibility index (Phi) is 8.14. The summed E-state index contributed by atoms with van der Waals surface area (Å²) in [7, 11) is -3.94. The summed E-state index contributed by atoms with van der Waals surface area (Å²) in [5.41, 5.74) is 4.48. The van der Waals surface area contributed by atoms with Crippen LogP contribution in [0.4, 0.5) is 0 Å². The first-order valence-corrected chi connectivity index (χ1v) is 12.3. The van der Waals surface area contributed by atoms with Crippen molar-refractivity contribution < 1.29 is 17.3 Å². The highest BCUT2D eigenvalue weighted by Crippen LogP contribution is 2.41. The van der Waals surface area contributed by atoms with Gasteiger partial charge in [-0.1, -0.05) is 72.3 Å². The summed E-state index contributed by atoms with van der Waals surface area (Å²) >= 11 is 6.62. The molecule has 0 unspecified atom stereocenters. The van der Waals surface area contributed by atoms with Crippen LogP contribution >= 0.6 is 11.6 Å². The third-order valence-electron chi connectivity index (χ3n) is 5.13. The maximum atomic E-state index is 12.6. The summed E-state index contributed by atoms with van der Waals surface area (Å²) in [5, 5.41) is 0.531. The average Bonchev–Trinajstić information content (AvgIpc) is 2.79. The van der Waals surface area contributed by atoms with E-state index in [0.717, 1.165) is 27.8 Å². The van der Waals surface area contributed by atoms with Gasteiger partial charge < -0.3 is 4.74 Å². The van der Waals surface area contributed by atoms with Crippen LogP contribution in [-0.4, -0.2) is 21.1 Å². The van der Waals surface area contributed by atoms with Crippen molar-refractivity contribution in [3.05, 3.63) is 101 Å². The summed E-state index contributed by atoms with van der Waals surface area (Å²) in [6.07, 6.45) is 4.61. The Morgan fingerprint density at radius 1 is 1.03 bits per heavy atom. The molecular weight excluding hydrogens is 456 g/mol. The second-order valence-corrected chi connectivity index (χ2v) is 9.62. The largest absolute Gasteiger partial charge is 0.483 e. The molecule has 0 saturated carbocycles. The van der Waals surface area contributed by atoms with Gasteiger partial charge in [-0.15, -0.1) is 0 Å². The lowest BCUT2D eigenvalue weighted by molar-refractivity contribution is 0.168. The number of allylic oxidation sites excluding steroid dienone is 1. The fraction of sp³-hybridized carbons (Fsp3) is 0.185. The number of aryl methyl sites for hydroxylation is 2. The van der Waals surface area contributed by atoms with E-state index in [4.69, 9.17) is 20.5 Å². The molecular formula is C27H27ClO4S. The van der Waals surface area contributed by atoms with Gasteiger partial charge in [0, 0.05) is 11.1 Å². The van der Waals surface area contributed by atoms with Crippen LogP contribution in [0.25, 0.3) is 17.2 Å². The number of hydrogen-bond donors (Lipinski definition) is 0. The molecule has 0 amide bonds. The third-order valence-corrected chi connectivity index (χ3v) is 6.74. The Balaban J connectivity index is 1.95. The predicted molar refractivity (Wildman–Crippen MR) is 135 cm³/mol. The van der Waals surface area contributed by atoms with Crippen molar-refractivity contribution in [3.8, 4) is 16.9 Å². The van der Waals surface area contributed by atoms with Crippen LogP contribution in [0.1, 0.15) is 23.6 Å². The lowest BCUT2D eigenvalue weighted by atomic mass is 9.97. The zero-order chi connectivity index (χ0) is 24.0. The molecule has 6 heteroatoms. The number of ether oxygens (including phenoxy) is 1. The molecule has 0 radical (unpaired) electrons. The van der Waals surface area contributed by atoms with E-state index >= 15 is 0 Å². The summed E-state index contributed by atoms with van der Waals surface area (Å²) in [6, 6.07) is 18.0. The van der Waals surface area contributed by atoms with Gasteiger partial charge in [0.05, 0.1) is 9.92 Å². The number of rotatable bonds is 9. The van der Waals surface area contributed by atoms with Crippen LogP contribution in [-0.2, 0) is 14.3 Å². The molecule has 4 nitrogen and oxygen atoms in total. The van der Waals surface area contributed by atoms with E-state index in [9.17, 15) is 8.42 Å². The molecule has 3 rings (SSSR count). The van der Waals surface area contributed by atoms with Gasteiger partial charge in [-0.25, -0.2) is 0 Å². The molecule has 0 aliphatic heterocycles. The van der Waals surface area contributed by atoms with Gasteiger partial charge in [0.2, 0.25) is 0 Å². The zero-order valence-corrected chi connectivity index (χ0v) is 20.5. The molecule has 0 heterocycles. The van der Waals surface area contributed by atoms with E-state index in [1.54, 1.807) is 12.1 Å². The highest BCUT2D eigenvalue weighted by atomic mass is 35.5. The maximum Gasteiger partial charge on any atom is 0.297 e. The van der Waals surface area contributed by atoms with E-state index in [2.05, 4.69) is 6.58 Å². The van der Waals surface area contributed by atoms with Crippen LogP contribution < -0.4 is 4.74 Å². The van der Waals surface area contributed by atoms with Crippen LogP contribution in [0.15, 0.2) is 84.3 Å². The first kappa shape index (κ1) is 24.8. The molecule has 0 saturated heterocycles. The van der Waals surface area contributed by atoms with Gasteiger partial charge in [0.25, 0.3) is 10.1 Å². The van der Waals surface area contributed by atoms with E-state index in [0.29, 0.717) is 10.8 Å². The second-order valence-electron chi connectivity index (χ2n) is 7.60. The van der Waals surface area contributed by atoms with Crippen molar-refractivity contribution in [2.75, 3.05) is 6.61 Å². The quantitative estimate of drug-likeness (QED) is 0.243. The monoisotopic (exact) mass is 482 g/mol. The Hall–Kier alpha value is -2.86. The molecule has 0 aromatic heterocycles. The van der Waals surface area contributed by atoms with Crippen LogP contribution in [0.5, 0.6) is 5.75 Å². The maximum absolute atomic E-state index is 12.6. The molecule has 3 aromatic carbocycles. The van der Waals surface area contributed by atoms with Gasteiger partial charge >= 0.3 is 0 Å². The van der Waals surface area contributed by atoms with Crippen molar-refractivity contribution in [1.29, 1.82) is 0 Å². The average molecular weight is 483 g/mol. The highest BCUT2D eigenvalue weighted by molar-refractivity contribution is 7.86. The summed E-state index contributed by atoms with van der Waals surface area (Å²) in [4.78, 5) is 0.0915. The number of benzene rings is 3. The van der Waals surface area contributed by atoms with Crippen LogP contribution in [0.2, 0.25) is 5.02 Å². The van der Waals surface area contributed by atoms with Gasteiger partial charge in [0.15, 0.2) is 0 Å². The minimum Gasteiger partial charge on any atom is -0.483 e. The van der Waals surface area contributed by atoms with Crippen molar-refractivity contribution in [2.45, 2.75) is 31.8 Å². The lowest BCUT2D eigenvalue weighted by Crippen LogP contribution is -2.23. The minimum atomic E-state index is -3.94. The summed E-state index contributed by atoms with van der Waals surface area (Å²) < 4.78 is 36.8. The van der Waals surface area contributed by atoms with Crippen molar-refractivity contribution in [3.63, 3.8) is 0 Å². The second kappa shape index (κ2) is 10.8. The standard InChI is InChI=1S/C27H27ClO4S/c1-5-9-21-14-17-25(28)26(24-11-8-7-10-20(24)4)27(21)32-22(6-2)18-31-33(29,30)23-15-12-19(3)13-16-23/h5-17,22H,2,18H2,1,3-4H3/t22-/m1/s1. The van der Waals surface area contributed by atoms with Gasteiger partial charge in [-0.05, 0) is 62.2 Å². The molecule has 0 fully saturated rings. The van der Waals surface area contributed by atoms with E-state index in [1.807, 2.05) is 69.3 Å². The first-order valence-electron chi connectivity index (χ1n) is 10.5. The molecule has 0 bridgehead atoms. The SMILES string of the molecule is C=C[C@H](COS(=O)(=O)c1ccc(C)cc1)Oc1c(C=CC)ccc(Cl)c1-c1ccccc1C. The van der Waals surface area contributed by atoms with Crippen molar-refractivity contribution in [2.24, 2.45) is 0 Å². The van der Waals surface area contributed by atoms with Crippen molar-refractivity contribution in [1.82, 2.24) is 0 Å². The Morgan fingerprint density at radius 2 is 1.73 bits per heavy atom. The fourth-order valence-corrected chi connectivity index (χ4v) is 4.52. The molecule has 0 aliphatic rings. The Bertz CT molecular complexity index is 1260. The molecule has 0 aliphatic carbocycles. The zero-order valence-electron chi connectivity index (χ0n) is 18.9. The van der Waals surface area contributed by atoms with E-state index in [-0.39, 0.29) is 11.5 Å². The molecule has 3 aromatic rings. The minimum absolute atomic E-state index is 0.0915. The van der Waals surface area contributed by atoms with Crippen LogP contribution in [0.3, 0.4) is 0 Å². The molecule has 172 valence electrons. The first-order chi connectivity index (χ1) is 15.8. The highest BCUT2D eigenvalue weighted by Gasteiger charge is 2.22. The predicted octanol–water partition coefficient (Wildman–Crippen LogP) is 7.00. The van der Waals surface area contributed by atoms with Gasteiger partial charge in [-0.2, -0.15) is 8.42 Å². The smallest absolute Gasteiger partial charge is 0.297 e. The van der Waals surface area contributed by atoms with Crippen molar-refractivity contribution >= 4 is 27.8 Å². The lowest BCUT2D eigenvalue weighted by Gasteiger charge is -2.22. The molecule has 0 spiro atoms. The fourth-order valence-electron chi connectivity index (χ4n) is 3.35. The topological polar surface area (TPSA) is 52.6 Å². The summed E-state index contributed by atoms with van der Waals surface area (Å²) in [5.74, 6) is 0.538. The van der Waals surface area contributed by atoms with Gasteiger partial charge in [0.1, 0.15) is 18.5 Å². The molecule has 0 N–H and O–H groups in total. The Labute approximate surface area is 201 Å². The van der Waals surface area contributed by atoms with Crippen LogP contribution in [0, 0.1) is 13.8 Å². The third kappa shape index (κ3) is 5.93. The van der Waals surface area contributed by atoms with E-state index in [1.165, 1.54) is 18.2 Å². The van der Waals surface area contributed by atoms with E-state index < -0.39 is 16.2 Å².